The van der Waals surface area contributed by atoms with Crippen LogP contribution in [-0.2, 0) is 27.1 Å². The third-order valence-electron chi connectivity index (χ3n) is 8.32. The Kier molecular flexibility index (Phi) is 7.68. The fraction of sp³-hybridized carbons (Fsp3) is 0.176. The molecule has 1 saturated heterocycles. The van der Waals surface area contributed by atoms with E-state index in [1.165, 1.54) is 17.7 Å². The van der Waals surface area contributed by atoms with Gasteiger partial charge in [-0.25, -0.2) is 4.90 Å². The number of halogens is 3. The number of para-hydroxylation sites is 1. The lowest BCUT2D eigenvalue weighted by Crippen LogP contribution is -2.33. The Labute approximate surface area is 273 Å². The van der Waals surface area contributed by atoms with E-state index in [9.17, 15) is 32.3 Å². The summed E-state index contributed by atoms with van der Waals surface area (Å²) in [7, 11) is 1.45. The predicted molar refractivity (Wildman–Crippen MR) is 173 cm³/mol. The number of hydrogen-bond donors (Lipinski definition) is 1. The molecule has 0 spiro atoms. The molecule has 3 amide bonds. The Hall–Kier alpha value is -4.88. The molecule has 2 unspecified atom stereocenters. The lowest BCUT2D eigenvalue weighted by atomic mass is 9.82. The zero-order chi connectivity index (χ0) is 33.0. The monoisotopic (exact) mass is 675 g/mol. The molecule has 13 heteroatoms. The number of aromatic nitrogens is 1. The average Bonchev–Trinajstić information content (AvgIpc) is 3.50. The minimum Gasteiger partial charge on any atom is -0.496 e. The van der Waals surface area contributed by atoms with E-state index >= 15 is 0 Å². The minimum atomic E-state index is -4.68. The van der Waals surface area contributed by atoms with Crippen LogP contribution < -0.4 is 19.8 Å². The summed E-state index contributed by atoms with van der Waals surface area (Å²) in [4.78, 5) is 55.8. The molecule has 7 rings (SSSR count). The molecule has 238 valence electrons. The molecule has 3 atom stereocenters. The fourth-order valence-corrected chi connectivity index (χ4v) is 9.02. The minimum absolute atomic E-state index is 0.196. The Morgan fingerprint density at radius 2 is 1.64 bits per heavy atom. The van der Waals surface area contributed by atoms with Crippen molar-refractivity contribution in [2.75, 3.05) is 17.3 Å². The zero-order valence-electron chi connectivity index (χ0n) is 24.5. The normalized spacial score (nSPS) is 19.1. The van der Waals surface area contributed by atoms with Gasteiger partial charge in [0.1, 0.15) is 17.5 Å². The molecule has 0 saturated carbocycles. The van der Waals surface area contributed by atoms with E-state index in [2.05, 4.69) is 5.32 Å². The average molecular weight is 676 g/mol. The van der Waals surface area contributed by atoms with Crippen LogP contribution in [0.3, 0.4) is 0 Å². The summed E-state index contributed by atoms with van der Waals surface area (Å²) in [6.07, 6.45) is -4.68. The first kappa shape index (κ1) is 30.8. The Morgan fingerprint density at radius 3 is 2.43 bits per heavy atom. The molecule has 47 heavy (non-hydrogen) atoms. The molecule has 0 radical (unpaired) electrons. The Morgan fingerprint density at radius 1 is 0.915 bits per heavy atom. The van der Waals surface area contributed by atoms with Crippen molar-refractivity contribution in [1.82, 2.24) is 4.57 Å². The summed E-state index contributed by atoms with van der Waals surface area (Å²) in [6.45, 7) is -0.365. The van der Waals surface area contributed by atoms with Gasteiger partial charge in [-0.1, -0.05) is 83.8 Å². The molecule has 1 fully saturated rings. The zero-order valence-corrected chi connectivity index (χ0v) is 26.1. The predicted octanol–water partition coefficient (Wildman–Crippen LogP) is 6.52. The molecule has 1 N–H and O–H groups in total. The van der Waals surface area contributed by atoms with Gasteiger partial charge in [0.25, 0.3) is 0 Å². The third kappa shape index (κ3) is 5.28. The summed E-state index contributed by atoms with van der Waals surface area (Å²) in [6, 6.07) is 24.0. The number of amides is 3. The number of alkyl halides is 3. The number of ether oxygens (including phenoxy) is 1. The number of imide groups is 1. The standard InChI is InChI=1S/C34H24F3N3O5S2/c1-45-24-15-5-4-13-22(24)26-27-28(31(43)40(30(27)42)20-11-7-10-19(16-20)34(35,36)37)46-32-29(26)47-33(44)39(32)17-25(41)38-23-14-6-9-18-8-2-3-12-21(18)23/h2-16,26-28H,17H2,1H3,(H,38,41)/t26-,27?,28?/m1/s1. The van der Waals surface area contributed by atoms with Gasteiger partial charge in [0.05, 0.1) is 29.3 Å². The van der Waals surface area contributed by atoms with Crippen LogP contribution in [0.5, 0.6) is 5.75 Å². The van der Waals surface area contributed by atoms with E-state index < -0.39 is 51.4 Å². The number of nitrogens with one attached hydrogen (secondary N) is 1. The van der Waals surface area contributed by atoms with Gasteiger partial charge in [0, 0.05) is 27.4 Å². The highest BCUT2D eigenvalue weighted by atomic mass is 32.2. The number of nitrogens with zero attached hydrogens (tertiary/aromatic N) is 2. The smallest absolute Gasteiger partial charge is 0.416 e. The highest BCUT2D eigenvalue weighted by molar-refractivity contribution is 8.00. The molecule has 5 aromatic rings. The second-order valence-electron chi connectivity index (χ2n) is 11.0. The lowest BCUT2D eigenvalue weighted by Gasteiger charge is -2.31. The van der Waals surface area contributed by atoms with Gasteiger partial charge in [0.15, 0.2) is 0 Å². The summed E-state index contributed by atoms with van der Waals surface area (Å²) in [5.74, 6) is -3.36. The van der Waals surface area contributed by atoms with E-state index in [1.54, 1.807) is 30.3 Å². The number of carbonyl (C=O) groups is 3. The second-order valence-corrected chi connectivity index (χ2v) is 13.2. The van der Waals surface area contributed by atoms with Gasteiger partial charge in [-0.2, -0.15) is 13.2 Å². The van der Waals surface area contributed by atoms with Gasteiger partial charge in [0.2, 0.25) is 17.7 Å². The fourth-order valence-electron chi connectivity index (χ4n) is 6.26. The van der Waals surface area contributed by atoms with Crippen LogP contribution in [-0.4, -0.2) is 34.6 Å². The molecular formula is C34H24F3N3O5S2. The molecule has 1 aromatic heterocycles. The molecule has 3 heterocycles. The van der Waals surface area contributed by atoms with E-state index in [0.29, 0.717) is 26.9 Å². The number of thioether (sulfide) groups is 1. The van der Waals surface area contributed by atoms with Crippen LogP contribution in [0.15, 0.2) is 101 Å². The maximum Gasteiger partial charge on any atom is 0.416 e. The Bertz CT molecular complexity index is 2140. The Balaban J connectivity index is 1.30. The molecule has 4 aromatic carbocycles. The third-order valence-corrected chi connectivity index (χ3v) is 10.9. The number of hydrogen-bond acceptors (Lipinski definition) is 7. The number of anilines is 2. The number of thiazole rings is 1. The molecular weight excluding hydrogens is 652 g/mol. The number of fused-ring (bicyclic) bond motifs is 3. The molecule has 8 nitrogen and oxygen atoms in total. The van der Waals surface area contributed by atoms with Crippen LogP contribution in [0.25, 0.3) is 10.8 Å². The van der Waals surface area contributed by atoms with Crippen LogP contribution in [0, 0.1) is 5.92 Å². The highest BCUT2D eigenvalue weighted by Crippen LogP contribution is 2.55. The number of rotatable bonds is 6. The molecule has 0 bridgehead atoms. The van der Waals surface area contributed by atoms with Gasteiger partial charge in [-0.15, -0.1) is 0 Å². The van der Waals surface area contributed by atoms with Crippen molar-refractivity contribution >= 4 is 63.0 Å². The first-order chi connectivity index (χ1) is 22.6. The van der Waals surface area contributed by atoms with Crippen molar-refractivity contribution in [2.45, 2.75) is 28.9 Å². The van der Waals surface area contributed by atoms with Crippen molar-refractivity contribution < 1.29 is 32.3 Å². The van der Waals surface area contributed by atoms with Gasteiger partial charge in [-0.05, 0) is 35.7 Å². The molecule has 0 aliphatic carbocycles. The van der Waals surface area contributed by atoms with E-state index in [4.69, 9.17) is 4.74 Å². The van der Waals surface area contributed by atoms with E-state index in [0.717, 1.165) is 57.0 Å². The van der Waals surface area contributed by atoms with Gasteiger partial charge < -0.3 is 10.1 Å². The molecule has 2 aliphatic rings. The second kappa shape index (κ2) is 11.7. The summed E-state index contributed by atoms with van der Waals surface area (Å²) in [5.41, 5.74) is -0.0891. The number of benzene rings is 4. The number of methoxy groups -OCH3 is 1. The highest BCUT2D eigenvalue weighted by Gasteiger charge is 2.57. The van der Waals surface area contributed by atoms with E-state index in [1.807, 2.05) is 36.4 Å². The van der Waals surface area contributed by atoms with E-state index in [-0.39, 0.29) is 12.2 Å². The van der Waals surface area contributed by atoms with Gasteiger partial charge in [-0.3, -0.25) is 23.7 Å². The first-order valence-electron chi connectivity index (χ1n) is 14.4. The SMILES string of the molecule is COc1ccccc1[C@H]1c2sc(=O)n(CC(=O)Nc3cccc4ccccc34)c2SC2C(=O)N(c3cccc(C(F)(F)F)c3)C(=O)C21. The van der Waals surface area contributed by atoms with Crippen LogP contribution >= 0.6 is 23.1 Å². The van der Waals surface area contributed by atoms with Crippen LogP contribution in [0.1, 0.15) is 21.9 Å². The quantitative estimate of drug-likeness (QED) is 0.206. The lowest BCUT2D eigenvalue weighted by molar-refractivity contribution is -0.137. The van der Waals surface area contributed by atoms with Crippen LogP contribution in [0.4, 0.5) is 24.5 Å². The largest absolute Gasteiger partial charge is 0.496 e. The number of carbonyl (C=O) groups excluding carboxylic acids is 3. The molecule has 2 aliphatic heterocycles. The summed E-state index contributed by atoms with van der Waals surface area (Å²) in [5, 5.41) is 3.89. The van der Waals surface area contributed by atoms with Crippen LogP contribution in [0.2, 0.25) is 0 Å². The van der Waals surface area contributed by atoms with Crippen molar-refractivity contribution in [3.05, 3.63) is 117 Å². The maximum atomic E-state index is 14.1. The maximum absolute atomic E-state index is 14.1. The van der Waals surface area contributed by atoms with Crippen molar-refractivity contribution in [3.63, 3.8) is 0 Å². The van der Waals surface area contributed by atoms with Crippen molar-refractivity contribution in [1.29, 1.82) is 0 Å². The van der Waals surface area contributed by atoms with Crippen molar-refractivity contribution in [2.24, 2.45) is 5.92 Å². The first-order valence-corrected chi connectivity index (χ1v) is 16.1. The van der Waals surface area contributed by atoms with Crippen molar-refractivity contribution in [3.8, 4) is 5.75 Å². The topological polar surface area (TPSA) is 97.7 Å². The summed E-state index contributed by atoms with van der Waals surface area (Å²) < 4.78 is 47.6. The summed E-state index contributed by atoms with van der Waals surface area (Å²) >= 11 is 1.84. The van der Waals surface area contributed by atoms with Gasteiger partial charge >= 0.3 is 11.0 Å².